The van der Waals surface area contributed by atoms with Crippen molar-refractivity contribution in [2.24, 2.45) is 11.7 Å². The summed E-state index contributed by atoms with van der Waals surface area (Å²) in [6.07, 6.45) is 6.03. The summed E-state index contributed by atoms with van der Waals surface area (Å²) in [4.78, 5) is 14.2. The topological polar surface area (TPSA) is 72.4 Å². The molecule has 0 saturated heterocycles. The second-order valence-electron chi connectivity index (χ2n) is 4.82. The number of aromatic nitrogens is 1. The van der Waals surface area contributed by atoms with E-state index >= 15 is 0 Å². The Hall–Kier alpha value is -1.36. The fourth-order valence-electron chi connectivity index (χ4n) is 2.87. The maximum absolute atomic E-state index is 12.3. The lowest BCUT2D eigenvalue weighted by Gasteiger charge is -2.38. The molecule has 0 spiro atoms. The highest BCUT2D eigenvalue weighted by Crippen LogP contribution is 2.28. The van der Waals surface area contributed by atoms with Gasteiger partial charge in [-0.2, -0.15) is 0 Å². The number of nitrogens with two attached hydrogens (primary N) is 1. The number of rotatable bonds is 4. The molecular formula is C13H21N3O2. The van der Waals surface area contributed by atoms with E-state index in [0.717, 1.165) is 12.8 Å². The molecule has 1 aliphatic rings. The second kappa shape index (κ2) is 6.00. The van der Waals surface area contributed by atoms with Crippen molar-refractivity contribution in [1.29, 1.82) is 0 Å². The summed E-state index contributed by atoms with van der Waals surface area (Å²) < 4.78 is 4.97. The van der Waals surface area contributed by atoms with E-state index in [2.05, 4.69) is 5.16 Å². The molecule has 5 heteroatoms. The van der Waals surface area contributed by atoms with Crippen molar-refractivity contribution in [3.63, 3.8) is 0 Å². The molecule has 0 aliphatic heterocycles. The fourth-order valence-corrected chi connectivity index (χ4v) is 2.87. The van der Waals surface area contributed by atoms with Crippen molar-refractivity contribution < 1.29 is 9.32 Å². The lowest BCUT2D eigenvalue weighted by atomic mass is 9.83. The van der Waals surface area contributed by atoms with Gasteiger partial charge >= 0.3 is 0 Å². The summed E-state index contributed by atoms with van der Waals surface area (Å²) in [7, 11) is 0. The van der Waals surface area contributed by atoms with Gasteiger partial charge in [-0.15, -0.1) is 0 Å². The second-order valence-corrected chi connectivity index (χ2v) is 4.82. The van der Waals surface area contributed by atoms with Crippen molar-refractivity contribution in [3.05, 3.63) is 18.0 Å². The molecule has 1 saturated carbocycles. The molecule has 2 unspecified atom stereocenters. The Kier molecular flexibility index (Phi) is 4.36. The first-order valence-corrected chi connectivity index (χ1v) is 6.69. The summed E-state index contributed by atoms with van der Waals surface area (Å²) in [5.74, 6) is 0.657. The van der Waals surface area contributed by atoms with Gasteiger partial charge in [-0.3, -0.25) is 4.79 Å². The zero-order chi connectivity index (χ0) is 13.0. The van der Waals surface area contributed by atoms with Gasteiger partial charge in [0.15, 0.2) is 0 Å². The normalized spacial score (nSPS) is 23.9. The van der Waals surface area contributed by atoms with E-state index in [-0.39, 0.29) is 11.9 Å². The lowest BCUT2D eigenvalue weighted by Crippen LogP contribution is -2.47. The Morgan fingerprint density at radius 2 is 2.33 bits per heavy atom. The largest absolute Gasteiger partial charge is 0.351 e. The molecule has 1 aromatic rings. The summed E-state index contributed by atoms with van der Waals surface area (Å²) >= 11 is 0. The van der Waals surface area contributed by atoms with Crippen molar-refractivity contribution in [2.45, 2.75) is 38.6 Å². The number of carbonyl (C=O) groups is 1. The molecule has 1 aliphatic carbocycles. The summed E-state index contributed by atoms with van der Waals surface area (Å²) in [6.45, 7) is 3.32. The monoisotopic (exact) mass is 251 g/mol. The van der Waals surface area contributed by atoms with Crippen LogP contribution in [0.25, 0.3) is 0 Å². The van der Waals surface area contributed by atoms with Gasteiger partial charge in [0.05, 0.1) is 6.20 Å². The first kappa shape index (κ1) is 13.1. The molecule has 5 nitrogen and oxygen atoms in total. The van der Waals surface area contributed by atoms with Crippen LogP contribution in [-0.2, 0) is 0 Å². The molecule has 1 fully saturated rings. The number of carbonyl (C=O) groups excluding carboxylic acids is 1. The average molecular weight is 251 g/mol. The van der Waals surface area contributed by atoms with Crippen LogP contribution in [0.1, 0.15) is 43.2 Å². The zero-order valence-electron chi connectivity index (χ0n) is 10.8. The third-order valence-corrected chi connectivity index (χ3v) is 3.82. The van der Waals surface area contributed by atoms with Gasteiger partial charge in [0.25, 0.3) is 5.91 Å². The van der Waals surface area contributed by atoms with Gasteiger partial charge in [-0.1, -0.05) is 18.0 Å². The number of hydrogen-bond donors (Lipinski definition) is 1. The van der Waals surface area contributed by atoms with Crippen LogP contribution in [0.5, 0.6) is 0 Å². The van der Waals surface area contributed by atoms with E-state index in [0.29, 0.717) is 24.8 Å². The first-order valence-electron chi connectivity index (χ1n) is 6.69. The summed E-state index contributed by atoms with van der Waals surface area (Å²) in [5.41, 5.74) is 5.83. The van der Waals surface area contributed by atoms with E-state index in [4.69, 9.17) is 10.3 Å². The van der Waals surface area contributed by atoms with Gasteiger partial charge in [0.2, 0.25) is 5.76 Å². The smallest absolute Gasteiger partial charge is 0.292 e. The fraction of sp³-hybridized carbons (Fsp3) is 0.692. The van der Waals surface area contributed by atoms with Crippen LogP contribution in [0, 0.1) is 5.92 Å². The zero-order valence-corrected chi connectivity index (χ0v) is 10.8. The van der Waals surface area contributed by atoms with E-state index in [1.165, 1.54) is 19.0 Å². The summed E-state index contributed by atoms with van der Waals surface area (Å²) in [5, 5.41) is 3.60. The maximum atomic E-state index is 12.3. The molecule has 2 rings (SSSR count). The molecule has 100 valence electrons. The lowest BCUT2D eigenvalue weighted by molar-refractivity contribution is 0.0519. The molecular weight excluding hydrogens is 230 g/mol. The Labute approximate surface area is 107 Å². The highest BCUT2D eigenvalue weighted by molar-refractivity contribution is 5.91. The van der Waals surface area contributed by atoms with E-state index in [1.807, 2.05) is 11.8 Å². The highest BCUT2D eigenvalue weighted by Gasteiger charge is 2.32. The third-order valence-electron chi connectivity index (χ3n) is 3.82. The standard InChI is InChI=1S/C13H21N3O2/c1-2-16(13(17)12-7-8-15-18-12)11-6-4-3-5-10(11)9-14/h7-8,10-11H,2-6,9,14H2,1H3. The van der Waals surface area contributed by atoms with Gasteiger partial charge in [0.1, 0.15) is 0 Å². The van der Waals surface area contributed by atoms with E-state index < -0.39 is 0 Å². The molecule has 1 heterocycles. The van der Waals surface area contributed by atoms with Crippen LogP contribution < -0.4 is 5.73 Å². The van der Waals surface area contributed by atoms with Crippen molar-refractivity contribution in [2.75, 3.05) is 13.1 Å². The van der Waals surface area contributed by atoms with Gasteiger partial charge < -0.3 is 15.2 Å². The average Bonchev–Trinajstić information content (AvgIpc) is 2.94. The van der Waals surface area contributed by atoms with E-state index in [1.54, 1.807) is 6.07 Å². The molecule has 0 radical (unpaired) electrons. The number of amides is 1. The summed E-state index contributed by atoms with van der Waals surface area (Å²) in [6, 6.07) is 1.86. The number of nitrogens with zero attached hydrogens (tertiary/aromatic N) is 2. The van der Waals surface area contributed by atoms with Crippen molar-refractivity contribution in [1.82, 2.24) is 10.1 Å². The Bertz CT molecular complexity index is 378. The molecule has 18 heavy (non-hydrogen) atoms. The Morgan fingerprint density at radius 1 is 1.56 bits per heavy atom. The predicted molar refractivity (Wildman–Crippen MR) is 68.0 cm³/mol. The maximum Gasteiger partial charge on any atom is 0.292 e. The van der Waals surface area contributed by atoms with Crippen molar-refractivity contribution >= 4 is 5.91 Å². The highest BCUT2D eigenvalue weighted by atomic mass is 16.5. The predicted octanol–water partition coefficient (Wildman–Crippen LogP) is 1.65. The molecule has 1 amide bonds. The van der Waals surface area contributed by atoms with Crippen LogP contribution in [0.4, 0.5) is 0 Å². The third kappa shape index (κ3) is 2.56. The quantitative estimate of drug-likeness (QED) is 0.883. The Morgan fingerprint density at radius 3 is 2.94 bits per heavy atom. The first-order chi connectivity index (χ1) is 8.77. The van der Waals surface area contributed by atoms with Crippen LogP contribution >= 0.6 is 0 Å². The van der Waals surface area contributed by atoms with Gasteiger partial charge in [-0.05, 0) is 32.2 Å². The van der Waals surface area contributed by atoms with E-state index in [9.17, 15) is 4.79 Å². The van der Waals surface area contributed by atoms with Gasteiger partial charge in [0, 0.05) is 18.7 Å². The van der Waals surface area contributed by atoms with Crippen LogP contribution in [0.2, 0.25) is 0 Å². The Balaban J connectivity index is 2.14. The molecule has 2 N–H and O–H groups in total. The van der Waals surface area contributed by atoms with Crippen LogP contribution in [-0.4, -0.2) is 35.1 Å². The van der Waals surface area contributed by atoms with Crippen LogP contribution in [0.15, 0.2) is 16.8 Å². The minimum absolute atomic E-state index is 0.0691. The van der Waals surface area contributed by atoms with Crippen molar-refractivity contribution in [3.8, 4) is 0 Å². The number of hydrogen-bond acceptors (Lipinski definition) is 4. The van der Waals surface area contributed by atoms with Crippen LogP contribution in [0.3, 0.4) is 0 Å². The minimum Gasteiger partial charge on any atom is -0.351 e. The minimum atomic E-state index is -0.0691. The SMILES string of the molecule is CCN(C(=O)c1ccno1)C1CCCCC1CN. The molecule has 0 aromatic carbocycles. The molecule has 1 aromatic heterocycles. The van der Waals surface area contributed by atoms with Gasteiger partial charge in [-0.25, -0.2) is 0 Å². The molecule has 2 atom stereocenters. The molecule has 0 bridgehead atoms.